The first-order valence-corrected chi connectivity index (χ1v) is 9.71. The molecule has 1 aliphatic heterocycles. The molecule has 1 saturated carbocycles. The maximum atomic E-state index is 12.8. The van der Waals surface area contributed by atoms with E-state index in [1.165, 1.54) is 19.3 Å². The lowest BCUT2D eigenvalue weighted by Crippen LogP contribution is -2.46. The van der Waals surface area contributed by atoms with Gasteiger partial charge >= 0.3 is 0 Å². The molecule has 0 aromatic rings. The van der Waals surface area contributed by atoms with E-state index < -0.39 is 0 Å². The maximum Gasteiger partial charge on any atom is 0.223 e. The molecule has 2 aliphatic rings. The van der Waals surface area contributed by atoms with Crippen molar-refractivity contribution in [2.45, 2.75) is 65.2 Å². The molecule has 25 heavy (non-hydrogen) atoms. The van der Waals surface area contributed by atoms with Crippen molar-refractivity contribution in [3.63, 3.8) is 0 Å². The van der Waals surface area contributed by atoms with Crippen molar-refractivity contribution < 1.29 is 9.59 Å². The van der Waals surface area contributed by atoms with Crippen molar-refractivity contribution in [3.8, 4) is 0 Å². The largest absolute Gasteiger partial charge is 0.356 e. The van der Waals surface area contributed by atoms with Crippen LogP contribution in [0.25, 0.3) is 0 Å². The number of hydrogen-bond donors (Lipinski definition) is 2. The number of nitrogens with zero attached hydrogens (tertiary/aromatic N) is 1. The molecule has 146 valence electrons. The van der Waals surface area contributed by atoms with E-state index in [0.29, 0.717) is 25.4 Å². The molecule has 6 heteroatoms. The number of likely N-dealkylation sites (tertiary alicyclic amines) is 1. The van der Waals surface area contributed by atoms with Crippen LogP contribution in [-0.4, -0.2) is 42.9 Å². The Bertz CT molecular complexity index is 436. The summed E-state index contributed by atoms with van der Waals surface area (Å²) in [5.74, 6) is 0.762. The topological polar surface area (TPSA) is 75.4 Å². The lowest BCUT2D eigenvalue weighted by atomic mass is 9.71. The van der Waals surface area contributed by atoms with E-state index >= 15 is 0 Å². The number of amides is 2. The van der Waals surface area contributed by atoms with E-state index in [1.807, 2.05) is 18.7 Å². The van der Waals surface area contributed by atoms with Crippen LogP contribution in [0.2, 0.25) is 0 Å². The van der Waals surface area contributed by atoms with Crippen molar-refractivity contribution >= 4 is 24.2 Å². The molecule has 2 rings (SSSR count). The third-order valence-corrected chi connectivity index (χ3v) is 5.83. The van der Waals surface area contributed by atoms with Gasteiger partial charge in [0.25, 0.3) is 0 Å². The highest BCUT2D eigenvalue weighted by atomic mass is 35.5. The number of carbonyl (C=O) groups is 2. The third kappa shape index (κ3) is 6.45. The highest BCUT2D eigenvalue weighted by molar-refractivity contribution is 5.85. The molecule has 1 atom stereocenters. The third-order valence-electron chi connectivity index (χ3n) is 5.83. The van der Waals surface area contributed by atoms with E-state index in [9.17, 15) is 9.59 Å². The molecule has 1 aliphatic carbocycles. The zero-order chi connectivity index (χ0) is 17.6. The smallest absolute Gasteiger partial charge is 0.223 e. The first-order valence-electron chi connectivity index (χ1n) is 9.71. The Hall–Kier alpha value is -0.810. The average molecular weight is 374 g/mol. The summed E-state index contributed by atoms with van der Waals surface area (Å²) in [6.45, 7) is 6.75. The highest BCUT2D eigenvalue weighted by Gasteiger charge is 2.35. The molecule has 1 unspecified atom stereocenters. The minimum Gasteiger partial charge on any atom is -0.356 e. The number of rotatable bonds is 6. The molecule has 0 aromatic heterocycles. The number of piperidine rings is 1. The van der Waals surface area contributed by atoms with Crippen molar-refractivity contribution in [2.75, 3.05) is 26.2 Å². The Morgan fingerprint density at radius 3 is 2.48 bits per heavy atom. The van der Waals surface area contributed by atoms with Crippen molar-refractivity contribution in [1.29, 1.82) is 0 Å². The van der Waals surface area contributed by atoms with Gasteiger partial charge in [0, 0.05) is 32.0 Å². The van der Waals surface area contributed by atoms with Crippen LogP contribution in [0.1, 0.15) is 65.2 Å². The SMILES string of the molecule is CC(C)C(=O)NCC1CCCN(C(=O)CC2(CN)CCCCC2)C1.Cl. The molecule has 3 N–H and O–H groups in total. The molecule has 0 bridgehead atoms. The lowest BCUT2D eigenvalue weighted by molar-refractivity contribution is -0.136. The first kappa shape index (κ1) is 22.2. The molecule has 2 fully saturated rings. The summed E-state index contributed by atoms with van der Waals surface area (Å²) < 4.78 is 0. The summed E-state index contributed by atoms with van der Waals surface area (Å²) in [4.78, 5) is 26.6. The molecule has 2 amide bonds. The van der Waals surface area contributed by atoms with Crippen LogP contribution in [-0.2, 0) is 9.59 Å². The predicted octanol–water partition coefficient (Wildman–Crippen LogP) is 2.72. The van der Waals surface area contributed by atoms with Gasteiger partial charge in [0.15, 0.2) is 0 Å². The second-order valence-corrected chi connectivity index (χ2v) is 8.19. The van der Waals surface area contributed by atoms with Crippen molar-refractivity contribution in [1.82, 2.24) is 10.2 Å². The molecule has 0 aromatic carbocycles. The summed E-state index contributed by atoms with van der Waals surface area (Å²) in [6.07, 6.45) is 8.59. The Morgan fingerprint density at radius 1 is 1.20 bits per heavy atom. The lowest BCUT2D eigenvalue weighted by Gasteiger charge is -2.39. The van der Waals surface area contributed by atoms with Crippen LogP contribution in [0.4, 0.5) is 0 Å². The molecular weight excluding hydrogens is 338 g/mol. The second-order valence-electron chi connectivity index (χ2n) is 8.19. The normalized spacial score (nSPS) is 23.0. The Balaban J connectivity index is 0.00000312. The standard InChI is InChI=1S/C19H35N3O2.ClH/c1-15(2)18(24)21-12-16-7-6-10-22(13-16)17(23)11-19(14-20)8-4-3-5-9-19;/h15-16H,3-14,20H2,1-2H3,(H,21,24);1H. The van der Waals surface area contributed by atoms with E-state index in [0.717, 1.165) is 38.8 Å². The predicted molar refractivity (Wildman–Crippen MR) is 104 cm³/mol. The van der Waals surface area contributed by atoms with Gasteiger partial charge in [0.1, 0.15) is 0 Å². The molecule has 5 nitrogen and oxygen atoms in total. The van der Waals surface area contributed by atoms with Gasteiger partial charge in [-0.2, -0.15) is 0 Å². The molecule has 1 heterocycles. The monoisotopic (exact) mass is 373 g/mol. The van der Waals surface area contributed by atoms with Gasteiger partial charge < -0.3 is 16.0 Å². The minimum atomic E-state index is 0. The fraction of sp³-hybridized carbons (Fsp3) is 0.895. The maximum absolute atomic E-state index is 12.8. The van der Waals surface area contributed by atoms with Gasteiger partial charge in [-0.15, -0.1) is 12.4 Å². The number of halogens is 1. The van der Waals surface area contributed by atoms with E-state index in [1.54, 1.807) is 0 Å². The van der Waals surface area contributed by atoms with Gasteiger partial charge in [-0.25, -0.2) is 0 Å². The highest BCUT2D eigenvalue weighted by Crippen LogP contribution is 2.39. The zero-order valence-corrected chi connectivity index (χ0v) is 16.7. The van der Waals surface area contributed by atoms with Gasteiger partial charge in [0.05, 0.1) is 0 Å². The molecule has 1 saturated heterocycles. The summed E-state index contributed by atoms with van der Waals surface area (Å²) in [6, 6.07) is 0. The Morgan fingerprint density at radius 2 is 1.88 bits per heavy atom. The number of nitrogens with one attached hydrogen (secondary N) is 1. The van der Waals surface area contributed by atoms with E-state index in [4.69, 9.17) is 5.73 Å². The quantitative estimate of drug-likeness (QED) is 0.751. The average Bonchev–Trinajstić information content (AvgIpc) is 2.60. The van der Waals surface area contributed by atoms with Gasteiger partial charge in [-0.1, -0.05) is 33.1 Å². The number of nitrogens with two attached hydrogens (primary N) is 1. The van der Waals surface area contributed by atoms with E-state index in [2.05, 4.69) is 5.32 Å². The Kier molecular flexibility index (Phi) is 9.22. The fourth-order valence-electron chi connectivity index (χ4n) is 4.09. The summed E-state index contributed by atoms with van der Waals surface area (Å²) in [5, 5.41) is 3.01. The molecule has 0 spiro atoms. The first-order chi connectivity index (χ1) is 11.5. The van der Waals surface area contributed by atoms with Crippen LogP contribution >= 0.6 is 12.4 Å². The minimum absolute atomic E-state index is 0. The summed E-state index contributed by atoms with van der Waals surface area (Å²) in [5.41, 5.74) is 6.07. The van der Waals surface area contributed by atoms with Gasteiger partial charge in [-0.05, 0) is 43.6 Å². The van der Waals surface area contributed by atoms with Crippen molar-refractivity contribution in [3.05, 3.63) is 0 Å². The number of hydrogen-bond acceptors (Lipinski definition) is 3. The molecular formula is C19H36ClN3O2. The fourth-order valence-corrected chi connectivity index (χ4v) is 4.09. The van der Waals surface area contributed by atoms with Crippen LogP contribution in [0.5, 0.6) is 0 Å². The van der Waals surface area contributed by atoms with Gasteiger partial charge in [0.2, 0.25) is 11.8 Å². The van der Waals surface area contributed by atoms with Crippen LogP contribution in [0, 0.1) is 17.3 Å². The number of carbonyl (C=O) groups excluding carboxylic acids is 2. The van der Waals surface area contributed by atoms with Gasteiger partial charge in [-0.3, -0.25) is 9.59 Å². The summed E-state index contributed by atoms with van der Waals surface area (Å²) in [7, 11) is 0. The second kappa shape index (κ2) is 10.4. The van der Waals surface area contributed by atoms with Crippen LogP contribution < -0.4 is 11.1 Å². The summed E-state index contributed by atoms with van der Waals surface area (Å²) >= 11 is 0. The van der Waals surface area contributed by atoms with Crippen LogP contribution in [0.3, 0.4) is 0 Å². The zero-order valence-electron chi connectivity index (χ0n) is 15.9. The Labute approximate surface area is 158 Å². The van der Waals surface area contributed by atoms with Crippen LogP contribution in [0.15, 0.2) is 0 Å². The van der Waals surface area contributed by atoms with Crippen molar-refractivity contribution in [2.24, 2.45) is 23.0 Å². The molecule has 0 radical (unpaired) electrons. The van der Waals surface area contributed by atoms with E-state index in [-0.39, 0.29) is 35.6 Å².